The van der Waals surface area contributed by atoms with Crippen molar-refractivity contribution in [3.8, 4) is 5.75 Å². The highest BCUT2D eigenvalue weighted by atomic mass is 32.3. The van der Waals surface area contributed by atoms with Gasteiger partial charge < -0.3 is 21.5 Å². The van der Waals surface area contributed by atoms with Crippen LogP contribution >= 0.6 is 0 Å². The van der Waals surface area contributed by atoms with Gasteiger partial charge in [-0.15, -0.1) is 3.89 Å². The first-order chi connectivity index (χ1) is 17.0. The molecule has 2 aromatic rings. The fourth-order valence-corrected chi connectivity index (χ4v) is 3.47. The molecule has 2 aromatic carbocycles. The number of ether oxygens (including phenoxy) is 1. The number of nitrogens with two attached hydrogens (primary N) is 2. The van der Waals surface area contributed by atoms with Gasteiger partial charge in [0.05, 0.1) is 10.6 Å². The lowest BCUT2D eigenvalue weighted by molar-refractivity contribution is -0.118. The lowest BCUT2D eigenvalue weighted by atomic mass is 10.1. The Bertz CT molecular complexity index is 1410. The van der Waals surface area contributed by atoms with Crippen molar-refractivity contribution in [2.75, 3.05) is 22.6 Å². The average molecular weight is 559 g/mol. The zero-order chi connectivity index (χ0) is 28.0. The van der Waals surface area contributed by atoms with Crippen molar-refractivity contribution in [2.45, 2.75) is 31.3 Å². The number of amides is 1. The van der Waals surface area contributed by atoms with Gasteiger partial charge in [0, 0.05) is 17.4 Å². The Morgan fingerprint density at radius 1 is 1.14 bits per heavy atom. The van der Waals surface area contributed by atoms with Gasteiger partial charge in [0.2, 0.25) is 11.9 Å². The molecule has 0 aromatic heterocycles. The number of nitrogens with zero attached hydrogens (tertiary/aromatic N) is 3. The molecule has 0 spiro atoms. The lowest BCUT2D eigenvalue weighted by Gasteiger charge is -2.38. The highest BCUT2D eigenvalue weighted by Crippen LogP contribution is 2.30. The Hall–Kier alpha value is -3.76. The van der Waals surface area contributed by atoms with Crippen LogP contribution in [0.4, 0.5) is 15.3 Å². The maximum Gasteiger partial charge on any atom is 0.332 e. The Labute approximate surface area is 214 Å². The SMILES string of the molecule is CC1(C)N=C(N)N=C(N)N1c1cccc(OCC(=O)Nc2ccc(S(=O)(=O)F)cc2)c1.CCS(=O)(=O)O. The number of guanidine groups is 2. The summed E-state index contributed by atoms with van der Waals surface area (Å²) in [5.41, 5.74) is 11.9. The molecule has 16 heteroatoms. The molecule has 37 heavy (non-hydrogen) atoms. The van der Waals surface area contributed by atoms with E-state index in [1.807, 2.05) is 13.8 Å². The van der Waals surface area contributed by atoms with Crippen LogP contribution in [0.1, 0.15) is 20.8 Å². The first-order valence-corrected chi connectivity index (χ1v) is 13.5. The summed E-state index contributed by atoms with van der Waals surface area (Å²) in [6, 6.07) is 11.5. The Morgan fingerprint density at radius 3 is 2.24 bits per heavy atom. The molecule has 0 radical (unpaired) electrons. The van der Waals surface area contributed by atoms with Crippen LogP contribution < -0.4 is 26.4 Å². The lowest BCUT2D eigenvalue weighted by Crippen LogP contribution is -2.54. The molecule has 1 aliphatic heterocycles. The molecule has 6 N–H and O–H groups in total. The van der Waals surface area contributed by atoms with E-state index in [0.29, 0.717) is 17.1 Å². The molecule has 0 fully saturated rings. The van der Waals surface area contributed by atoms with Crippen molar-refractivity contribution >= 4 is 49.5 Å². The normalized spacial score (nSPS) is 15.0. The summed E-state index contributed by atoms with van der Waals surface area (Å²) in [7, 11) is -8.46. The first-order valence-electron chi connectivity index (χ1n) is 10.5. The molecule has 202 valence electrons. The fraction of sp³-hybridized carbons (Fsp3) is 0.286. The molecule has 3 rings (SSSR count). The van der Waals surface area contributed by atoms with E-state index in [-0.39, 0.29) is 24.3 Å². The van der Waals surface area contributed by atoms with Crippen LogP contribution in [-0.4, -0.2) is 57.2 Å². The molecule has 1 amide bonds. The minimum Gasteiger partial charge on any atom is -0.484 e. The zero-order valence-corrected chi connectivity index (χ0v) is 21.8. The summed E-state index contributed by atoms with van der Waals surface area (Å²) in [4.78, 5) is 21.6. The third kappa shape index (κ3) is 9.00. The Balaban J connectivity index is 0.000000717. The van der Waals surface area contributed by atoms with Crippen LogP contribution in [-0.2, 0) is 25.1 Å². The van der Waals surface area contributed by atoms with E-state index in [4.69, 9.17) is 20.8 Å². The van der Waals surface area contributed by atoms with Crippen LogP contribution in [0.3, 0.4) is 0 Å². The summed E-state index contributed by atoms with van der Waals surface area (Å²) >= 11 is 0. The van der Waals surface area contributed by atoms with E-state index < -0.39 is 36.8 Å². The number of hydrogen-bond donors (Lipinski definition) is 4. The number of halogens is 1. The van der Waals surface area contributed by atoms with E-state index >= 15 is 0 Å². The number of carbonyl (C=O) groups is 1. The third-order valence-electron chi connectivity index (χ3n) is 4.62. The monoisotopic (exact) mass is 558 g/mol. The van der Waals surface area contributed by atoms with Crippen molar-refractivity contribution in [1.82, 2.24) is 0 Å². The van der Waals surface area contributed by atoms with Crippen molar-refractivity contribution in [3.05, 3.63) is 48.5 Å². The second-order valence-corrected chi connectivity index (χ2v) is 11.0. The number of carbonyl (C=O) groups excluding carboxylic acids is 1. The van der Waals surface area contributed by atoms with Gasteiger partial charge in [-0.05, 0) is 57.2 Å². The molecular formula is C21H27FN6O7S2. The molecule has 0 saturated heterocycles. The van der Waals surface area contributed by atoms with E-state index in [0.717, 1.165) is 12.1 Å². The van der Waals surface area contributed by atoms with Gasteiger partial charge in [0.1, 0.15) is 11.4 Å². The standard InChI is InChI=1S/C19H21FN6O4S.C2H6O3S/c1-19(2)25-17(21)24-18(22)26(19)13-4-3-5-14(10-13)30-11-16(27)23-12-6-8-15(9-7-12)31(20,28)29;1-2-6(3,4)5/h3-10H,11H2,1-2H3,(H,23,27)(H4,21,22,24,25);2H2,1H3,(H,3,4,5). The molecule has 0 aliphatic carbocycles. The van der Waals surface area contributed by atoms with Crippen molar-refractivity contribution in [2.24, 2.45) is 21.5 Å². The highest BCUT2D eigenvalue weighted by molar-refractivity contribution is 7.86. The van der Waals surface area contributed by atoms with Crippen LogP contribution in [0.5, 0.6) is 5.75 Å². The van der Waals surface area contributed by atoms with Gasteiger partial charge in [0.15, 0.2) is 6.61 Å². The molecule has 13 nitrogen and oxygen atoms in total. The molecule has 0 bridgehead atoms. The second kappa shape index (κ2) is 11.5. The molecule has 0 saturated carbocycles. The smallest absolute Gasteiger partial charge is 0.332 e. The van der Waals surface area contributed by atoms with Gasteiger partial charge in [-0.2, -0.15) is 21.8 Å². The van der Waals surface area contributed by atoms with Gasteiger partial charge >= 0.3 is 10.2 Å². The summed E-state index contributed by atoms with van der Waals surface area (Å²) in [6.07, 6.45) is 0. The maximum absolute atomic E-state index is 12.9. The predicted molar refractivity (Wildman–Crippen MR) is 137 cm³/mol. The van der Waals surface area contributed by atoms with Crippen molar-refractivity contribution in [1.29, 1.82) is 0 Å². The average Bonchev–Trinajstić information content (AvgIpc) is 2.76. The molecule has 1 heterocycles. The third-order valence-corrected chi connectivity index (χ3v) is 6.19. The second-order valence-electron chi connectivity index (χ2n) is 7.94. The number of benzene rings is 2. The van der Waals surface area contributed by atoms with Gasteiger partial charge in [-0.3, -0.25) is 14.2 Å². The predicted octanol–water partition coefficient (Wildman–Crippen LogP) is 1.44. The number of anilines is 2. The summed E-state index contributed by atoms with van der Waals surface area (Å²) in [5.74, 6) is -0.0331. The number of rotatable bonds is 7. The van der Waals surface area contributed by atoms with E-state index in [9.17, 15) is 25.5 Å². The van der Waals surface area contributed by atoms with Crippen molar-refractivity contribution < 1.29 is 34.8 Å². The van der Waals surface area contributed by atoms with E-state index in [2.05, 4.69) is 15.3 Å². The molecule has 0 unspecified atom stereocenters. The Kier molecular flexibility index (Phi) is 9.18. The number of aliphatic imine (C=N–C) groups is 2. The van der Waals surface area contributed by atoms with Gasteiger partial charge in [-0.25, -0.2) is 4.99 Å². The van der Waals surface area contributed by atoms with Crippen LogP contribution in [0.2, 0.25) is 0 Å². The summed E-state index contributed by atoms with van der Waals surface area (Å²) < 4.78 is 67.0. The van der Waals surface area contributed by atoms with E-state index in [1.165, 1.54) is 19.1 Å². The Morgan fingerprint density at radius 2 is 1.73 bits per heavy atom. The minimum atomic E-state index is -4.80. The molecule has 1 aliphatic rings. The molecule has 0 atom stereocenters. The van der Waals surface area contributed by atoms with Crippen LogP contribution in [0.15, 0.2) is 63.4 Å². The first kappa shape index (κ1) is 29.5. The largest absolute Gasteiger partial charge is 0.484 e. The highest BCUT2D eigenvalue weighted by Gasteiger charge is 2.33. The zero-order valence-electron chi connectivity index (χ0n) is 20.1. The van der Waals surface area contributed by atoms with E-state index in [1.54, 1.807) is 29.2 Å². The number of hydrogen-bond acceptors (Lipinski definition) is 11. The molecular weight excluding hydrogens is 531 g/mol. The van der Waals surface area contributed by atoms with Crippen LogP contribution in [0.25, 0.3) is 0 Å². The quantitative estimate of drug-likeness (QED) is 0.284. The topological polar surface area (TPSA) is 207 Å². The van der Waals surface area contributed by atoms with Crippen molar-refractivity contribution in [3.63, 3.8) is 0 Å². The maximum atomic E-state index is 12.9. The fourth-order valence-electron chi connectivity index (χ4n) is 3.01. The minimum absolute atomic E-state index is 0.0833. The van der Waals surface area contributed by atoms with Gasteiger partial charge in [-0.1, -0.05) is 6.07 Å². The number of nitrogens with one attached hydrogen (secondary N) is 1. The van der Waals surface area contributed by atoms with Gasteiger partial charge in [0.25, 0.3) is 16.0 Å². The van der Waals surface area contributed by atoms with Crippen LogP contribution in [0, 0.1) is 0 Å². The summed E-state index contributed by atoms with van der Waals surface area (Å²) in [6.45, 7) is 4.70. The summed E-state index contributed by atoms with van der Waals surface area (Å²) in [5, 5.41) is 2.53.